The van der Waals surface area contributed by atoms with Crippen molar-refractivity contribution in [1.29, 1.82) is 0 Å². The molecule has 2 aliphatic carbocycles. The van der Waals surface area contributed by atoms with E-state index in [0.717, 1.165) is 22.8 Å². The van der Waals surface area contributed by atoms with E-state index in [0.29, 0.717) is 0 Å². The first kappa shape index (κ1) is 26.0. The highest BCUT2D eigenvalue weighted by Crippen LogP contribution is 2.50. The van der Waals surface area contributed by atoms with Gasteiger partial charge in [-0.05, 0) is 94.8 Å². The summed E-state index contributed by atoms with van der Waals surface area (Å²) in [4.78, 5) is 0. The van der Waals surface area contributed by atoms with Crippen molar-refractivity contribution < 1.29 is 0 Å². The molecule has 6 aromatic rings. The molecule has 212 valence electrons. The van der Waals surface area contributed by atoms with Gasteiger partial charge in [-0.2, -0.15) is 10.2 Å². The summed E-state index contributed by atoms with van der Waals surface area (Å²) < 4.78 is 4.00. The van der Waals surface area contributed by atoms with Crippen molar-refractivity contribution in [2.75, 3.05) is 0 Å². The molecule has 8 rings (SSSR count). The van der Waals surface area contributed by atoms with Gasteiger partial charge in [-0.15, -0.1) is 0 Å². The Morgan fingerprint density at radius 2 is 0.884 bits per heavy atom. The third-order valence-electron chi connectivity index (χ3n) is 10.1. The van der Waals surface area contributed by atoms with E-state index in [2.05, 4.69) is 151 Å². The summed E-state index contributed by atoms with van der Waals surface area (Å²) >= 11 is 0. The van der Waals surface area contributed by atoms with Gasteiger partial charge in [0.25, 0.3) is 0 Å². The molecule has 0 saturated heterocycles. The Hall–Kier alpha value is -4.70. The quantitative estimate of drug-likeness (QED) is 0.216. The minimum Gasteiger partial charge on any atom is -0.241 e. The standard InChI is InChI=1S/C39H36N4/c1-37(2)31-13-9-7-11-27(31)29-23-25(15-17-33(29)37)42-21-19-35(40-42)39(5,6)36-20-22-43(41-36)26-16-18-34-30(24-26)28-12-8-10-14-32(28)38(34,3)4/h7-24H,1-6H3. The Labute approximate surface area is 253 Å². The Kier molecular flexibility index (Phi) is 5.23. The van der Waals surface area contributed by atoms with Crippen molar-refractivity contribution in [3.05, 3.63) is 143 Å². The molecule has 0 saturated carbocycles. The second kappa shape index (κ2) is 8.67. The zero-order valence-electron chi connectivity index (χ0n) is 25.7. The van der Waals surface area contributed by atoms with Crippen LogP contribution in [0.1, 0.15) is 75.2 Å². The first-order chi connectivity index (χ1) is 20.6. The minimum atomic E-state index is -0.368. The molecule has 0 fully saturated rings. The molecule has 0 bridgehead atoms. The van der Waals surface area contributed by atoms with E-state index in [4.69, 9.17) is 10.2 Å². The second-order valence-electron chi connectivity index (χ2n) is 13.7. The van der Waals surface area contributed by atoms with Crippen LogP contribution in [-0.4, -0.2) is 19.6 Å². The van der Waals surface area contributed by atoms with Crippen molar-refractivity contribution >= 4 is 0 Å². The number of hydrogen-bond acceptors (Lipinski definition) is 2. The van der Waals surface area contributed by atoms with Crippen LogP contribution in [0.3, 0.4) is 0 Å². The maximum Gasteiger partial charge on any atom is 0.0745 e. The molecular weight excluding hydrogens is 524 g/mol. The molecule has 0 radical (unpaired) electrons. The van der Waals surface area contributed by atoms with Crippen LogP contribution in [0.2, 0.25) is 0 Å². The van der Waals surface area contributed by atoms with E-state index in [-0.39, 0.29) is 16.2 Å². The number of hydrogen-bond donors (Lipinski definition) is 0. The molecule has 43 heavy (non-hydrogen) atoms. The van der Waals surface area contributed by atoms with Gasteiger partial charge in [0.2, 0.25) is 0 Å². The van der Waals surface area contributed by atoms with Crippen LogP contribution >= 0.6 is 0 Å². The van der Waals surface area contributed by atoms with Crippen LogP contribution in [0.4, 0.5) is 0 Å². The van der Waals surface area contributed by atoms with Crippen molar-refractivity contribution in [3.8, 4) is 33.6 Å². The predicted octanol–water partition coefficient (Wildman–Crippen LogP) is 9.00. The highest BCUT2D eigenvalue weighted by Gasteiger charge is 2.37. The lowest BCUT2D eigenvalue weighted by molar-refractivity contribution is 0.576. The van der Waals surface area contributed by atoms with Gasteiger partial charge in [0.1, 0.15) is 0 Å². The molecule has 4 nitrogen and oxygen atoms in total. The summed E-state index contributed by atoms with van der Waals surface area (Å²) in [6.07, 6.45) is 4.14. The lowest BCUT2D eigenvalue weighted by Crippen LogP contribution is -2.21. The third-order valence-corrected chi connectivity index (χ3v) is 10.1. The Morgan fingerprint density at radius 1 is 0.488 bits per heavy atom. The largest absolute Gasteiger partial charge is 0.241 e. The summed E-state index contributed by atoms with van der Waals surface area (Å²) in [6, 6.07) is 35.3. The zero-order valence-corrected chi connectivity index (χ0v) is 25.7. The topological polar surface area (TPSA) is 35.6 Å². The fourth-order valence-corrected chi connectivity index (χ4v) is 7.43. The lowest BCUT2D eigenvalue weighted by atomic mass is 9.82. The zero-order chi connectivity index (χ0) is 29.7. The number of nitrogens with zero attached hydrogens (tertiary/aromatic N) is 4. The SMILES string of the molecule is CC(C)(c1ccn(-c2ccc3c(c2)-c2ccccc2C3(C)C)n1)c1ccn(-c2ccc3c(c2)-c2ccccc2C3(C)C)n1. The van der Waals surface area contributed by atoms with Crippen LogP contribution < -0.4 is 0 Å². The van der Waals surface area contributed by atoms with Crippen LogP contribution in [0, 0.1) is 0 Å². The van der Waals surface area contributed by atoms with Gasteiger partial charge in [0.05, 0.1) is 28.2 Å². The van der Waals surface area contributed by atoms with E-state index in [1.165, 1.54) is 44.5 Å². The van der Waals surface area contributed by atoms with Gasteiger partial charge < -0.3 is 0 Å². The van der Waals surface area contributed by atoms with E-state index >= 15 is 0 Å². The summed E-state index contributed by atoms with van der Waals surface area (Å²) in [6.45, 7) is 13.7. The van der Waals surface area contributed by atoms with Crippen molar-refractivity contribution in [1.82, 2.24) is 19.6 Å². The van der Waals surface area contributed by atoms with Crippen molar-refractivity contribution in [3.63, 3.8) is 0 Å². The molecule has 2 heterocycles. The van der Waals surface area contributed by atoms with Crippen LogP contribution in [0.15, 0.2) is 109 Å². The summed E-state index contributed by atoms with van der Waals surface area (Å²) in [7, 11) is 0. The number of benzene rings is 4. The molecule has 2 aromatic heterocycles. The van der Waals surface area contributed by atoms with Crippen molar-refractivity contribution in [2.24, 2.45) is 0 Å². The molecular formula is C39H36N4. The molecule has 4 aromatic carbocycles. The molecule has 0 amide bonds. The molecule has 2 aliphatic rings. The van der Waals surface area contributed by atoms with E-state index in [1.54, 1.807) is 0 Å². The Morgan fingerprint density at radius 3 is 1.33 bits per heavy atom. The highest BCUT2D eigenvalue weighted by molar-refractivity contribution is 5.83. The van der Waals surface area contributed by atoms with Crippen LogP contribution in [-0.2, 0) is 16.2 Å². The normalized spacial score (nSPS) is 15.6. The van der Waals surface area contributed by atoms with Gasteiger partial charge in [-0.25, -0.2) is 9.36 Å². The maximum atomic E-state index is 5.08. The first-order valence-corrected chi connectivity index (χ1v) is 15.2. The number of rotatable bonds is 4. The molecule has 4 heteroatoms. The van der Waals surface area contributed by atoms with Crippen LogP contribution in [0.5, 0.6) is 0 Å². The Bertz CT molecular complexity index is 1920. The van der Waals surface area contributed by atoms with Gasteiger partial charge in [-0.1, -0.05) is 88.4 Å². The van der Waals surface area contributed by atoms with Gasteiger partial charge in [0.15, 0.2) is 0 Å². The fraction of sp³-hybridized carbons (Fsp3) is 0.231. The number of aromatic nitrogens is 4. The fourth-order valence-electron chi connectivity index (χ4n) is 7.43. The van der Waals surface area contributed by atoms with Gasteiger partial charge in [0, 0.05) is 23.2 Å². The van der Waals surface area contributed by atoms with E-state index in [1.807, 2.05) is 9.36 Å². The molecule has 0 spiro atoms. The molecule has 0 aliphatic heterocycles. The third kappa shape index (κ3) is 3.62. The number of fused-ring (bicyclic) bond motifs is 6. The van der Waals surface area contributed by atoms with Crippen LogP contribution in [0.25, 0.3) is 33.6 Å². The van der Waals surface area contributed by atoms with Gasteiger partial charge >= 0.3 is 0 Å². The van der Waals surface area contributed by atoms with Crippen molar-refractivity contribution in [2.45, 2.75) is 57.8 Å². The average Bonchev–Trinajstić information content (AvgIpc) is 3.79. The average molecular weight is 561 g/mol. The smallest absolute Gasteiger partial charge is 0.0745 e. The molecule has 0 N–H and O–H groups in total. The predicted molar refractivity (Wildman–Crippen MR) is 174 cm³/mol. The second-order valence-corrected chi connectivity index (χ2v) is 13.7. The molecule has 0 unspecified atom stereocenters. The van der Waals surface area contributed by atoms with Gasteiger partial charge in [-0.3, -0.25) is 0 Å². The monoisotopic (exact) mass is 560 g/mol. The lowest BCUT2D eigenvalue weighted by Gasteiger charge is -2.21. The summed E-state index contributed by atoms with van der Waals surface area (Å²) in [5.41, 5.74) is 14.5. The molecule has 0 atom stereocenters. The Balaban J connectivity index is 1.11. The maximum absolute atomic E-state index is 5.08. The summed E-state index contributed by atoms with van der Waals surface area (Å²) in [5, 5.41) is 10.2. The van der Waals surface area contributed by atoms with E-state index < -0.39 is 0 Å². The summed E-state index contributed by atoms with van der Waals surface area (Å²) in [5.74, 6) is 0. The van der Waals surface area contributed by atoms with E-state index in [9.17, 15) is 0 Å². The first-order valence-electron chi connectivity index (χ1n) is 15.2. The highest BCUT2D eigenvalue weighted by atomic mass is 15.3. The minimum absolute atomic E-state index is 0.00102.